The minimum atomic E-state index is -0.0392. The molecule has 1 atom stereocenters. The molecule has 1 aliphatic rings. The fourth-order valence-corrected chi connectivity index (χ4v) is 3.52. The minimum absolute atomic E-state index is 0.0392. The first-order valence-corrected chi connectivity index (χ1v) is 8.26. The standard InChI is InChI=1S/C19H21ClN2O/c1-13-7-9-17(16(20)11-13)21-19(23)12-22(2)18-10-8-14-5-3-4-6-15(14)18/h3-7,9,11,18H,8,10,12H2,1-2H3,(H,21,23)/t18-/m1/s1. The molecule has 0 fully saturated rings. The van der Waals surface area contributed by atoms with E-state index >= 15 is 0 Å². The van der Waals surface area contributed by atoms with Gasteiger partial charge in [-0.25, -0.2) is 0 Å². The first kappa shape index (κ1) is 16.0. The summed E-state index contributed by atoms with van der Waals surface area (Å²) in [5.74, 6) is -0.0392. The highest BCUT2D eigenvalue weighted by atomic mass is 35.5. The lowest BCUT2D eigenvalue weighted by Crippen LogP contribution is -2.32. The smallest absolute Gasteiger partial charge is 0.238 e. The molecular weight excluding hydrogens is 308 g/mol. The van der Waals surface area contributed by atoms with E-state index in [2.05, 4.69) is 34.5 Å². The predicted octanol–water partition coefficient (Wildman–Crippen LogP) is 4.21. The first-order valence-electron chi connectivity index (χ1n) is 7.88. The number of rotatable bonds is 4. The van der Waals surface area contributed by atoms with Crippen molar-refractivity contribution < 1.29 is 4.79 Å². The molecule has 2 aromatic carbocycles. The third kappa shape index (κ3) is 3.57. The van der Waals surface area contributed by atoms with Crippen LogP contribution in [0.1, 0.15) is 29.2 Å². The molecule has 0 spiro atoms. The van der Waals surface area contributed by atoms with E-state index in [-0.39, 0.29) is 5.91 Å². The normalized spacial score (nSPS) is 16.4. The van der Waals surface area contributed by atoms with Gasteiger partial charge in [-0.05, 0) is 55.6 Å². The highest BCUT2D eigenvalue weighted by molar-refractivity contribution is 6.33. The van der Waals surface area contributed by atoms with Gasteiger partial charge in [0.15, 0.2) is 0 Å². The van der Waals surface area contributed by atoms with Gasteiger partial charge in [0.25, 0.3) is 0 Å². The van der Waals surface area contributed by atoms with Crippen molar-refractivity contribution in [1.82, 2.24) is 4.90 Å². The maximum atomic E-state index is 12.3. The Hall–Kier alpha value is -1.84. The summed E-state index contributed by atoms with van der Waals surface area (Å²) in [7, 11) is 2.00. The lowest BCUT2D eigenvalue weighted by molar-refractivity contribution is -0.117. The lowest BCUT2D eigenvalue weighted by atomic mass is 10.1. The summed E-state index contributed by atoms with van der Waals surface area (Å²) in [4.78, 5) is 14.4. The third-order valence-electron chi connectivity index (χ3n) is 4.42. The average molecular weight is 329 g/mol. The van der Waals surface area contributed by atoms with Gasteiger partial charge < -0.3 is 5.32 Å². The Bertz CT molecular complexity index is 729. The molecule has 3 nitrogen and oxygen atoms in total. The van der Waals surface area contributed by atoms with Crippen LogP contribution in [0, 0.1) is 6.92 Å². The Morgan fingerprint density at radius 1 is 1.30 bits per heavy atom. The molecule has 4 heteroatoms. The Labute approximate surface area is 142 Å². The number of benzene rings is 2. The number of nitrogens with one attached hydrogen (secondary N) is 1. The number of carbonyl (C=O) groups excluding carboxylic acids is 1. The Morgan fingerprint density at radius 2 is 2.09 bits per heavy atom. The summed E-state index contributed by atoms with van der Waals surface area (Å²) in [6, 6.07) is 14.4. The van der Waals surface area contributed by atoms with Gasteiger partial charge in [0.1, 0.15) is 0 Å². The van der Waals surface area contributed by atoms with Crippen molar-refractivity contribution in [1.29, 1.82) is 0 Å². The van der Waals surface area contributed by atoms with Gasteiger partial charge in [-0.3, -0.25) is 9.69 Å². The van der Waals surface area contributed by atoms with E-state index in [1.54, 1.807) is 0 Å². The van der Waals surface area contributed by atoms with Gasteiger partial charge in [-0.2, -0.15) is 0 Å². The number of nitrogens with zero attached hydrogens (tertiary/aromatic N) is 1. The molecule has 120 valence electrons. The molecule has 0 unspecified atom stereocenters. The Balaban J connectivity index is 1.64. The van der Waals surface area contributed by atoms with Crippen molar-refractivity contribution >= 4 is 23.2 Å². The van der Waals surface area contributed by atoms with Gasteiger partial charge in [-0.1, -0.05) is 41.9 Å². The lowest BCUT2D eigenvalue weighted by Gasteiger charge is -2.24. The van der Waals surface area contributed by atoms with Crippen molar-refractivity contribution in [3.8, 4) is 0 Å². The van der Waals surface area contributed by atoms with Gasteiger partial charge in [0.05, 0.1) is 17.3 Å². The fourth-order valence-electron chi connectivity index (χ4n) is 3.24. The molecule has 0 heterocycles. The second-order valence-corrected chi connectivity index (χ2v) is 6.61. The summed E-state index contributed by atoms with van der Waals surface area (Å²) in [6.45, 7) is 2.33. The molecule has 0 aromatic heterocycles. The molecule has 1 N–H and O–H groups in total. The van der Waals surface area contributed by atoms with Crippen LogP contribution in [0.5, 0.6) is 0 Å². The molecule has 0 bridgehead atoms. The van der Waals surface area contributed by atoms with Crippen LogP contribution in [0.4, 0.5) is 5.69 Å². The number of halogens is 1. The molecule has 1 amide bonds. The van der Waals surface area contributed by atoms with Crippen LogP contribution in [-0.4, -0.2) is 24.4 Å². The maximum Gasteiger partial charge on any atom is 0.238 e. The van der Waals surface area contributed by atoms with Crippen LogP contribution in [0.25, 0.3) is 0 Å². The van der Waals surface area contributed by atoms with Crippen molar-refractivity contribution in [2.24, 2.45) is 0 Å². The summed E-state index contributed by atoms with van der Waals surface area (Å²) >= 11 is 6.18. The van der Waals surface area contributed by atoms with Crippen LogP contribution in [0.15, 0.2) is 42.5 Å². The molecule has 23 heavy (non-hydrogen) atoms. The van der Waals surface area contributed by atoms with E-state index in [0.717, 1.165) is 18.4 Å². The van der Waals surface area contributed by atoms with E-state index in [0.29, 0.717) is 23.3 Å². The number of aryl methyl sites for hydroxylation is 2. The highest BCUT2D eigenvalue weighted by Gasteiger charge is 2.26. The van der Waals surface area contributed by atoms with E-state index < -0.39 is 0 Å². The number of fused-ring (bicyclic) bond motifs is 1. The van der Waals surface area contributed by atoms with E-state index in [9.17, 15) is 4.79 Å². The van der Waals surface area contributed by atoms with Gasteiger partial charge in [0.2, 0.25) is 5.91 Å². The molecule has 0 aliphatic heterocycles. The van der Waals surface area contributed by atoms with Crippen molar-refractivity contribution in [3.05, 3.63) is 64.2 Å². The second kappa shape index (κ2) is 6.73. The largest absolute Gasteiger partial charge is 0.324 e. The summed E-state index contributed by atoms with van der Waals surface area (Å²) in [5, 5.41) is 3.48. The Kier molecular flexibility index (Phi) is 4.69. The summed E-state index contributed by atoms with van der Waals surface area (Å²) < 4.78 is 0. The molecule has 0 saturated carbocycles. The number of anilines is 1. The second-order valence-electron chi connectivity index (χ2n) is 6.20. The minimum Gasteiger partial charge on any atom is -0.324 e. The van der Waals surface area contributed by atoms with Crippen molar-refractivity contribution in [3.63, 3.8) is 0 Å². The molecule has 0 saturated heterocycles. The number of hydrogen-bond acceptors (Lipinski definition) is 2. The van der Waals surface area contributed by atoms with Crippen LogP contribution >= 0.6 is 11.6 Å². The first-order chi connectivity index (χ1) is 11.0. The predicted molar refractivity (Wildman–Crippen MR) is 95.0 cm³/mol. The summed E-state index contributed by atoms with van der Waals surface area (Å²) in [5.41, 5.74) is 4.48. The van der Waals surface area contributed by atoms with Gasteiger partial charge in [-0.15, -0.1) is 0 Å². The van der Waals surface area contributed by atoms with E-state index in [4.69, 9.17) is 11.6 Å². The Morgan fingerprint density at radius 3 is 2.87 bits per heavy atom. The third-order valence-corrected chi connectivity index (χ3v) is 4.74. The number of likely N-dealkylation sites (N-methyl/N-ethyl adjacent to an activating group) is 1. The summed E-state index contributed by atoms with van der Waals surface area (Å²) in [6.07, 6.45) is 2.14. The van der Waals surface area contributed by atoms with Crippen LogP contribution in [0.3, 0.4) is 0 Å². The van der Waals surface area contributed by atoms with Gasteiger partial charge >= 0.3 is 0 Å². The number of amides is 1. The SMILES string of the molecule is Cc1ccc(NC(=O)CN(C)[C@@H]2CCc3ccccc32)c(Cl)c1. The fraction of sp³-hybridized carbons (Fsp3) is 0.316. The topological polar surface area (TPSA) is 32.3 Å². The van der Waals surface area contributed by atoms with Crippen LogP contribution < -0.4 is 5.32 Å². The zero-order valence-corrected chi connectivity index (χ0v) is 14.2. The maximum absolute atomic E-state index is 12.3. The molecule has 1 aliphatic carbocycles. The van der Waals surface area contributed by atoms with Crippen molar-refractivity contribution in [2.75, 3.05) is 18.9 Å². The van der Waals surface area contributed by atoms with Gasteiger partial charge in [0, 0.05) is 6.04 Å². The highest BCUT2D eigenvalue weighted by Crippen LogP contribution is 2.34. The molecule has 2 aromatic rings. The number of carbonyl (C=O) groups is 1. The molecule has 3 rings (SSSR count). The van der Waals surface area contributed by atoms with E-state index in [1.165, 1.54) is 11.1 Å². The van der Waals surface area contributed by atoms with E-state index in [1.807, 2.05) is 32.2 Å². The zero-order chi connectivity index (χ0) is 16.4. The average Bonchev–Trinajstić information content (AvgIpc) is 2.94. The zero-order valence-electron chi connectivity index (χ0n) is 13.5. The monoisotopic (exact) mass is 328 g/mol. The van der Waals surface area contributed by atoms with Crippen molar-refractivity contribution in [2.45, 2.75) is 25.8 Å². The van der Waals surface area contributed by atoms with Crippen LogP contribution in [-0.2, 0) is 11.2 Å². The molecular formula is C19H21ClN2O. The number of hydrogen-bond donors (Lipinski definition) is 1. The quantitative estimate of drug-likeness (QED) is 0.912. The van der Waals surface area contributed by atoms with Crippen LogP contribution in [0.2, 0.25) is 5.02 Å². The molecule has 0 radical (unpaired) electrons.